The molecule has 0 saturated carbocycles. The highest BCUT2D eigenvalue weighted by molar-refractivity contribution is 9.10. The molecule has 104 valence electrons. The van der Waals surface area contributed by atoms with Gasteiger partial charge in [-0.25, -0.2) is 4.98 Å². The van der Waals surface area contributed by atoms with Crippen LogP contribution in [0, 0.1) is 6.92 Å². The molecule has 0 radical (unpaired) electrons. The number of aromatic nitrogens is 1. The van der Waals surface area contributed by atoms with Crippen molar-refractivity contribution in [3.05, 3.63) is 46.1 Å². The van der Waals surface area contributed by atoms with Crippen molar-refractivity contribution in [2.75, 3.05) is 18.2 Å². The molecule has 1 aromatic carbocycles. The minimum Gasteiger partial charge on any atom is -0.495 e. The lowest BCUT2D eigenvalue weighted by atomic mass is 10.1. The van der Waals surface area contributed by atoms with Crippen molar-refractivity contribution in [3.63, 3.8) is 0 Å². The molecule has 0 spiro atoms. The van der Waals surface area contributed by atoms with Crippen LogP contribution in [0.15, 0.2) is 34.9 Å². The summed E-state index contributed by atoms with van der Waals surface area (Å²) in [5, 5.41) is 2.75. The van der Waals surface area contributed by atoms with Gasteiger partial charge < -0.3 is 15.8 Å². The van der Waals surface area contributed by atoms with Crippen LogP contribution >= 0.6 is 15.9 Å². The molecule has 0 aliphatic carbocycles. The lowest BCUT2D eigenvalue weighted by Gasteiger charge is -2.09. The predicted octanol–water partition coefficient (Wildman–Crippen LogP) is 3.00. The van der Waals surface area contributed by atoms with Crippen LogP contribution in [-0.4, -0.2) is 18.0 Å². The van der Waals surface area contributed by atoms with Crippen molar-refractivity contribution < 1.29 is 9.53 Å². The molecule has 1 aromatic heterocycles. The number of rotatable bonds is 3. The third kappa shape index (κ3) is 3.08. The Hall–Kier alpha value is -2.08. The summed E-state index contributed by atoms with van der Waals surface area (Å²) >= 11 is 3.33. The molecule has 0 saturated heterocycles. The van der Waals surface area contributed by atoms with Gasteiger partial charge in [0.25, 0.3) is 5.91 Å². The number of hydrogen-bond acceptors (Lipinski definition) is 4. The van der Waals surface area contributed by atoms with E-state index >= 15 is 0 Å². The van der Waals surface area contributed by atoms with Gasteiger partial charge in [-0.2, -0.15) is 0 Å². The molecule has 1 amide bonds. The molecule has 20 heavy (non-hydrogen) atoms. The van der Waals surface area contributed by atoms with E-state index in [0.717, 1.165) is 10.0 Å². The average Bonchev–Trinajstić information content (AvgIpc) is 2.41. The molecular formula is C14H14BrN3O2. The number of pyridine rings is 1. The number of nitrogen functional groups attached to an aromatic ring is 1. The predicted molar refractivity (Wildman–Crippen MR) is 82.0 cm³/mol. The Morgan fingerprint density at radius 2 is 2.15 bits per heavy atom. The summed E-state index contributed by atoms with van der Waals surface area (Å²) in [6.45, 7) is 1.87. The molecule has 0 unspecified atom stereocenters. The molecule has 1 heterocycles. The maximum Gasteiger partial charge on any atom is 0.256 e. The monoisotopic (exact) mass is 335 g/mol. The number of nitrogens with one attached hydrogen (secondary N) is 1. The van der Waals surface area contributed by atoms with Gasteiger partial charge in [0.15, 0.2) is 0 Å². The van der Waals surface area contributed by atoms with E-state index in [1.165, 1.54) is 7.11 Å². The average molecular weight is 336 g/mol. The fourth-order valence-electron chi connectivity index (χ4n) is 1.73. The first-order chi connectivity index (χ1) is 9.51. The van der Waals surface area contributed by atoms with Crippen molar-refractivity contribution in [3.8, 4) is 5.75 Å². The summed E-state index contributed by atoms with van der Waals surface area (Å²) in [6.07, 6.45) is 1.63. The first-order valence-electron chi connectivity index (χ1n) is 5.88. The summed E-state index contributed by atoms with van der Waals surface area (Å²) in [5.41, 5.74) is 7.52. The van der Waals surface area contributed by atoms with E-state index in [1.54, 1.807) is 24.4 Å². The zero-order valence-corrected chi connectivity index (χ0v) is 12.7. The highest BCUT2D eigenvalue weighted by atomic mass is 79.9. The first kappa shape index (κ1) is 14.3. The lowest BCUT2D eigenvalue weighted by Crippen LogP contribution is -2.14. The standard InChI is InChI=1S/C14H14BrN3O2/c1-8-5-10(15)7-17-13(8)18-14(19)9-3-4-12(20-2)11(16)6-9/h3-7H,16H2,1-2H3,(H,17,18,19). The van der Waals surface area contributed by atoms with E-state index in [-0.39, 0.29) is 5.91 Å². The lowest BCUT2D eigenvalue weighted by molar-refractivity contribution is 0.102. The van der Waals surface area contributed by atoms with Crippen molar-refractivity contribution in [2.45, 2.75) is 6.92 Å². The Morgan fingerprint density at radius 1 is 1.40 bits per heavy atom. The van der Waals surface area contributed by atoms with Crippen molar-refractivity contribution in [1.82, 2.24) is 4.98 Å². The normalized spacial score (nSPS) is 10.2. The fourth-order valence-corrected chi connectivity index (χ4v) is 2.17. The number of hydrogen-bond donors (Lipinski definition) is 2. The van der Waals surface area contributed by atoms with Crippen LogP contribution in [0.5, 0.6) is 5.75 Å². The number of nitrogens with zero attached hydrogens (tertiary/aromatic N) is 1. The highest BCUT2D eigenvalue weighted by Gasteiger charge is 2.11. The second kappa shape index (κ2) is 5.92. The third-order valence-electron chi connectivity index (χ3n) is 2.77. The number of anilines is 2. The summed E-state index contributed by atoms with van der Waals surface area (Å²) in [7, 11) is 1.53. The number of benzene rings is 1. The van der Waals surface area contributed by atoms with Gasteiger partial charge in [0, 0.05) is 16.2 Å². The molecule has 0 atom stereocenters. The summed E-state index contributed by atoms with van der Waals surface area (Å²) < 4.78 is 5.92. The maximum absolute atomic E-state index is 12.1. The Kier molecular flexibility index (Phi) is 4.24. The quantitative estimate of drug-likeness (QED) is 0.845. The van der Waals surface area contributed by atoms with Gasteiger partial charge in [0.1, 0.15) is 11.6 Å². The number of aryl methyl sites for hydroxylation is 1. The molecule has 2 rings (SSSR count). The van der Waals surface area contributed by atoms with Crippen molar-refractivity contribution in [1.29, 1.82) is 0 Å². The minimum atomic E-state index is -0.266. The summed E-state index contributed by atoms with van der Waals surface area (Å²) in [6, 6.07) is 6.76. The SMILES string of the molecule is COc1ccc(C(=O)Nc2ncc(Br)cc2C)cc1N. The number of amides is 1. The van der Waals surface area contributed by atoms with E-state index < -0.39 is 0 Å². The molecule has 0 aliphatic heterocycles. The van der Waals surface area contributed by atoms with Crippen LogP contribution in [0.3, 0.4) is 0 Å². The Balaban J connectivity index is 2.21. The van der Waals surface area contributed by atoms with Gasteiger partial charge in [-0.1, -0.05) is 0 Å². The molecule has 0 aliphatic rings. The van der Waals surface area contributed by atoms with Crippen LogP contribution in [0.4, 0.5) is 11.5 Å². The Morgan fingerprint density at radius 3 is 2.75 bits per heavy atom. The Bertz CT molecular complexity index is 659. The molecule has 2 aromatic rings. The smallest absolute Gasteiger partial charge is 0.256 e. The second-order valence-corrected chi connectivity index (χ2v) is 5.15. The van der Waals surface area contributed by atoms with E-state index in [9.17, 15) is 4.79 Å². The van der Waals surface area contributed by atoms with Gasteiger partial charge in [-0.05, 0) is 52.7 Å². The number of ether oxygens (including phenoxy) is 1. The van der Waals surface area contributed by atoms with Gasteiger partial charge >= 0.3 is 0 Å². The minimum absolute atomic E-state index is 0.266. The van der Waals surface area contributed by atoms with Gasteiger partial charge in [0.2, 0.25) is 0 Å². The fraction of sp³-hybridized carbons (Fsp3) is 0.143. The summed E-state index contributed by atoms with van der Waals surface area (Å²) in [5.74, 6) is 0.796. The second-order valence-electron chi connectivity index (χ2n) is 4.23. The van der Waals surface area contributed by atoms with Crippen LogP contribution in [-0.2, 0) is 0 Å². The van der Waals surface area contributed by atoms with Crippen LogP contribution in [0.25, 0.3) is 0 Å². The third-order valence-corrected chi connectivity index (χ3v) is 3.20. The van der Waals surface area contributed by atoms with Crippen LogP contribution in [0.2, 0.25) is 0 Å². The zero-order valence-electron chi connectivity index (χ0n) is 11.1. The molecule has 0 fully saturated rings. The van der Waals surface area contributed by atoms with Crippen LogP contribution < -0.4 is 15.8 Å². The van der Waals surface area contributed by atoms with Crippen molar-refractivity contribution in [2.24, 2.45) is 0 Å². The zero-order chi connectivity index (χ0) is 14.7. The van der Waals surface area contributed by atoms with Crippen LogP contribution in [0.1, 0.15) is 15.9 Å². The number of halogens is 1. The first-order valence-corrected chi connectivity index (χ1v) is 6.67. The van der Waals surface area contributed by atoms with E-state index in [4.69, 9.17) is 10.5 Å². The molecule has 0 bridgehead atoms. The van der Waals surface area contributed by atoms with E-state index in [1.807, 2.05) is 13.0 Å². The number of methoxy groups -OCH3 is 1. The van der Waals surface area contributed by atoms with Gasteiger partial charge in [-0.15, -0.1) is 0 Å². The number of carbonyl (C=O) groups is 1. The highest BCUT2D eigenvalue weighted by Crippen LogP contribution is 2.23. The largest absolute Gasteiger partial charge is 0.495 e. The van der Waals surface area contributed by atoms with Gasteiger partial charge in [0.05, 0.1) is 12.8 Å². The van der Waals surface area contributed by atoms with E-state index in [2.05, 4.69) is 26.2 Å². The summed E-state index contributed by atoms with van der Waals surface area (Å²) in [4.78, 5) is 16.3. The number of carbonyl (C=O) groups excluding carboxylic acids is 1. The van der Waals surface area contributed by atoms with E-state index in [0.29, 0.717) is 22.8 Å². The molecule has 5 nitrogen and oxygen atoms in total. The molecule has 6 heteroatoms. The topological polar surface area (TPSA) is 77.2 Å². The number of nitrogens with two attached hydrogens (primary N) is 1. The molecular weight excluding hydrogens is 322 g/mol. The van der Waals surface area contributed by atoms with Gasteiger partial charge in [-0.3, -0.25) is 4.79 Å². The molecule has 3 N–H and O–H groups in total. The van der Waals surface area contributed by atoms with Crippen molar-refractivity contribution >= 4 is 33.3 Å². The Labute approximate surface area is 125 Å². The maximum atomic E-state index is 12.1.